The lowest BCUT2D eigenvalue weighted by atomic mass is 9.41. The van der Waals surface area contributed by atoms with Gasteiger partial charge in [-0.3, -0.25) is 0 Å². The van der Waals surface area contributed by atoms with Crippen molar-refractivity contribution in [2.45, 2.75) is 64.2 Å². The van der Waals surface area contributed by atoms with Crippen molar-refractivity contribution in [2.24, 2.45) is 34.5 Å². The molecule has 3 heteroatoms. The number of sulfone groups is 1. The Morgan fingerprint density at radius 3 is 2.52 bits per heavy atom. The van der Waals surface area contributed by atoms with Crippen LogP contribution in [0.4, 0.5) is 0 Å². The summed E-state index contributed by atoms with van der Waals surface area (Å²) in [6.45, 7) is 0. The number of rotatable bonds is 0. The second-order valence-corrected chi connectivity index (χ2v) is 11.5. The fourth-order valence-corrected chi connectivity index (χ4v) is 10.9. The lowest BCUT2D eigenvalue weighted by Gasteiger charge is -2.63. The van der Waals surface area contributed by atoms with Crippen LogP contribution in [-0.4, -0.2) is 19.9 Å². The molecule has 0 N–H and O–H groups in total. The summed E-state index contributed by atoms with van der Waals surface area (Å²) in [5.74, 6) is 4.27. The molecule has 1 aliphatic heterocycles. The van der Waals surface area contributed by atoms with Crippen LogP contribution in [0.25, 0.3) is 0 Å². The Morgan fingerprint density at radius 1 is 0.826 bits per heavy atom. The molecule has 0 aromatic carbocycles. The summed E-state index contributed by atoms with van der Waals surface area (Å²) in [6.07, 6.45) is 17.6. The second-order valence-electron chi connectivity index (χ2n) is 9.46. The molecule has 128 valence electrons. The minimum absolute atomic E-state index is 0.0983. The molecule has 1 saturated heterocycles. The monoisotopic (exact) mass is 334 g/mol. The van der Waals surface area contributed by atoms with Gasteiger partial charge in [0.15, 0.2) is 9.84 Å². The third-order valence-electron chi connectivity index (χ3n) is 8.66. The molecule has 0 unspecified atom stereocenters. The van der Waals surface area contributed by atoms with Crippen molar-refractivity contribution >= 4 is 9.84 Å². The predicted molar refractivity (Wildman–Crippen MR) is 92.8 cm³/mol. The van der Waals surface area contributed by atoms with Crippen molar-refractivity contribution in [1.82, 2.24) is 0 Å². The highest BCUT2D eigenvalue weighted by atomic mass is 32.2. The number of hydrogen-bond donors (Lipinski definition) is 0. The Balaban J connectivity index is 1.64. The zero-order chi connectivity index (χ0) is 15.7. The quantitative estimate of drug-likeness (QED) is 0.617. The van der Waals surface area contributed by atoms with E-state index in [1.807, 2.05) is 0 Å². The summed E-state index contributed by atoms with van der Waals surface area (Å²) in [6, 6.07) is 0. The van der Waals surface area contributed by atoms with Crippen LogP contribution < -0.4 is 0 Å². The summed E-state index contributed by atoms with van der Waals surface area (Å²) in [4.78, 5) is 0. The van der Waals surface area contributed by atoms with E-state index in [2.05, 4.69) is 12.2 Å². The highest BCUT2D eigenvalue weighted by molar-refractivity contribution is 7.91. The summed E-state index contributed by atoms with van der Waals surface area (Å²) < 4.78 is 25.5. The first-order chi connectivity index (χ1) is 11.1. The van der Waals surface area contributed by atoms with E-state index in [1.54, 1.807) is 0 Å². The van der Waals surface area contributed by atoms with E-state index in [9.17, 15) is 8.42 Å². The van der Waals surface area contributed by atoms with Gasteiger partial charge in [-0.05, 0) is 79.4 Å². The molecule has 5 aliphatic rings. The average Bonchev–Trinajstić information content (AvgIpc) is 2.80. The van der Waals surface area contributed by atoms with E-state index in [1.165, 1.54) is 51.4 Å². The fourth-order valence-electron chi connectivity index (χ4n) is 7.98. The van der Waals surface area contributed by atoms with E-state index in [-0.39, 0.29) is 10.8 Å². The van der Waals surface area contributed by atoms with Crippen LogP contribution in [0.1, 0.15) is 64.2 Å². The highest BCUT2D eigenvalue weighted by Gasteiger charge is 2.68. The summed E-state index contributed by atoms with van der Waals surface area (Å²) >= 11 is 0. The number of fused-ring (bicyclic) bond motifs is 3. The van der Waals surface area contributed by atoms with E-state index in [0.29, 0.717) is 17.4 Å². The van der Waals surface area contributed by atoms with Gasteiger partial charge in [0.05, 0.1) is 11.5 Å². The van der Waals surface area contributed by atoms with Gasteiger partial charge in [0.1, 0.15) is 0 Å². The molecule has 4 fully saturated rings. The second kappa shape index (κ2) is 4.86. The predicted octanol–water partition coefficient (Wildman–Crippen LogP) is 4.36. The molecule has 0 radical (unpaired) electrons. The maximum Gasteiger partial charge on any atom is 0.151 e. The van der Waals surface area contributed by atoms with Gasteiger partial charge in [0, 0.05) is 0 Å². The number of hydrogen-bond acceptors (Lipinski definition) is 2. The maximum atomic E-state index is 12.8. The van der Waals surface area contributed by atoms with Gasteiger partial charge in [-0.25, -0.2) is 8.42 Å². The van der Waals surface area contributed by atoms with Gasteiger partial charge in [-0.1, -0.05) is 31.4 Å². The topological polar surface area (TPSA) is 34.1 Å². The van der Waals surface area contributed by atoms with Crippen LogP contribution in [0, 0.1) is 34.5 Å². The third kappa shape index (κ3) is 1.95. The van der Waals surface area contributed by atoms with Gasteiger partial charge in [0.25, 0.3) is 0 Å². The zero-order valence-corrected chi connectivity index (χ0v) is 15.0. The van der Waals surface area contributed by atoms with E-state index in [0.717, 1.165) is 30.6 Å². The van der Waals surface area contributed by atoms with Gasteiger partial charge < -0.3 is 0 Å². The molecule has 0 spiro atoms. The highest BCUT2D eigenvalue weighted by Crippen LogP contribution is 2.70. The van der Waals surface area contributed by atoms with Crippen LogP contribution >= 0.6 is 0 Å². The smallest absolute Gasteiger partial charge is 0.151 e. The molecule has 5 rings (SSSR count). The van der Waals surface area contributed by atoms with Gasteiger partial charge in [-0.15, -0.1) is 0 Å². The van der Waals surface area contributed by atoms with Crippen molar-refractivity contribution in [3.63, 3.8) is 0 Å². The van der Waals surface area contributed by atoms with Crippen molar-refractivity contribution in [3.05, 3.63) is 12.2 Å². The standard InChI is InChI=1S/C20H30O2S/c21-23(22)13-19-10-3-4-11-20(19,14-23)18-16(9-12-19)8-7-15-5-1-2-6-17(15)18/h3-4,15-18H,1-2,5-14H2/t15-,16+,17-,18+,19+,20-/m0/s1. The first kappa shape index (κ1) is 15.0. The molecule has 23 heavy (non-hydrogen) atoms. The summed E-state index contributed by atoms with van der Waals surface area (Å²) in [7, 11) is -2.86. The molecule has 0 aromatic rings. The largest absolute Gasteiger partial charge is 0.229 e. The van der Waals surface area contributed by atoms with Crippen molar-refractivity contribution in [1.29, 1.82) is 0 Å². The molecule has 3 saturated carbocycles. The lowest BCUT2D eigenvalue weighted by Crippen LogP contribution is -2.58. The first-order valence-corrected chi connectivity index (χ1v) is 11.7. The normalized spacial score (nSPS) is 53.7. The Labute approximate surface area is 141 Å². The third-order valence-corrected chi connectivity index (χ3v) is 10.6. The average molecular weight is 335 g/mol. The Hall–Kier alpha value is -0.310. The van der Waals surface area contributed by atoms with Crippen LogP contribution in [0.5, 0.6) is 0 Å². The SMILES string of the molecule is O=S1(=O)C[C@]23CC=CC[C@]2(C1)[C@@H]1[C@H](CC[C@@H]2CCCC[C@@H]21)CC3. The minimum Gasteiger partial charge on any atom is -0.229 e. The number of allylic oxidation sites excluding steroid dienone is 2. The molecule has 1 heterocycles. The van der Waals surface area contributed by atoms with Crippen LogP contribution in [0.15, 0.2) is 12.2 Å². The Kier molecular flexibility index (Phi) is 3.17. The maximum absolute atomic E-state index is 12.8. The summed E-state index contributed by atoms with van der Waals surface area (Å²) in [5.41, 5.74) is 0.200. The molecule has 0 aromatic heterocycles. The van der Waals surface area contributed by atoms with Crippen LogP contribution in [0.3, 0.4) is 0 Å². The molecule has 2 nitrogen and oxygen atoms in total. The molecule has 0 amide bonds. The van der Waals surface area contributed by atoms with E-state index >= 15 is 0 Å². The van der Waals surface area contributed by atoms with Crippen molar-refractivity contribution < 1.29 is 8.42 Å². The van der Waals surface area contributed by atoms with E-state index < -0.39 is 9.84 Å². The molecular formula is C20H30O2S. The Morgan fingerprint density at radius 2 is 1.61 bits per heavy atom. The fraction of sp³-hybridized carbons (Fsp3) is 0.900. The molecule has 4 aliphatic carbocycles. The molecular weight excluding hydrogens is 304 g/mol. The first-order valence-electron chi connectivity index (χ1n) is 9.91. The van der Waals surface area contributed by atoms with Crippen LogP contribution in [0.2, 0.25) is 0 Å². The zero-order valence-electron chi connectivity index (χ0n) is 14.2. The Bertz CT molecular complexity index is 636. The van der Waals surface area contributed by atoms with Crippen molar-refractivity contribution in [3.8, 4) is 0 Å². The van der Waals surface area contributed by atoms with Gasteiger partial charge >= 0.3 is 0 Å². The van der Waals surface area contributed by atoms with Crippen molar-refractivity contribution in [2.75, 3.05) is 11.5 Å². The van der Waals surface area contributed by atoms with E-state index in [4.69, 9.17) is 0 Å². The molecule has 0 bridgehead atoms. The summed E-state index contributed by atoms with van der Waals surface area (Å²) in [5, 5.41) is 0. The lowest BCUT2D eigenvalue weighted by molar-refractivity contribution is -0.125. The van der Waals surface area contributed by atoms with Gasteiger partial charge in [-0.2, -0.15) is 0 Å². The van der Waals surface area contributed by atoms with Gasteiger partial charge in [0.2, 0.25) is 0 Å². The minimum atomic E-state index is -2.86. The molecule has 6 atom stereocenters. The van der Waals surface area contributed by atoms with Crippen LogP contribution in [-0.2, 0) is 9.84 Å².